The van der Waals surface area contributed by atoms with E-state index in [0.717, 1.165) is 15.9 Å². The van der Waals surface area contributed by atoms with Gasteiger partial charge in [-0.1, -0.05) is 30.3 Å². The van der Waals surface area contributed by atoms with Crippen molar-refractivity contribution in [2.75, 3.05) is 6.54 Å². The molecule has 0 unspecified atom stereocenters. The number of H-pyrrole nitrogens is 1. The molecule has 0 atom stereocenters. The normalized spacial score (nSPS) is 10.8. The monoisotopic (exact) mass is 359 g/mol. The fourth-order valence-electron chi connectivity index (χ4n) is 2.85. The fraction of sp³-hybridized carbons (Fsp3) is 0.100. The molecule has 0 aliphatic heterocycles. The third-order valence-corrected chi connectivity index (χ3v) is 4.25. The second-order valence-corrected chi connectivity index (χ2v) is 6.08. The van der Waals surface area contributed by atoms with Crippen LogP contribution in [0.25, 0.3) is 22.6 Å². The maximum absolute atomic E-state index is 12.6. The van der Waals surface area contributed by atoms with Crippen molar-refractivity contribution in [1.29, 1.82) is 0 Å². The number of amides is 1. The molecule has 2 N–H and O–H groups in total. The van der Waals surface area contributed by atoms with Gasteiger partial charge in [0.25, 0.3) is 5.91 Å². The lowest BCUT2D eigenvalue weighted by Gasteiger charge is -2.05. The zero-order chi connectivity index (χ0) is 18.6. The Labute approximate surface area is 155 Å². The van der Waals surface area contributed by atoms with Crippen LogP contribution < -0.4 is 10.0 Å². The molecule has 4 rings (SSSR count). The van der Waals surface area contributed by atoms with E-state index >= 15 is 0 Å². The van der Waals surface area contributed by atoms with Crippen molar-refractivity contribution in [3.05, 3.63) is 83.5 Å². The van der Waals surface area contributed by atoms with Gasteiger partial charge in [-0.05, 0) is 18.1 Å². The number of fused-ring (bicyclic) bond motifs is 1. The smallest absolute Gasteiger partial charge is 0.253 e. The summed E-state index contributed by atoms with van der Waals surface area (Å²) in [4.78, 5) is 24.6. The molecule has 1 amide bonds. The minimum atomic E-state index is -0.205. The molecule has 0 spiro atoms. The van der Waals surface area contributed by atoms with Crippen molar-refractivity contribution >= 4 is 17.1 Å². The van der Waals surface area contributed by atoms with E-state index in [1.807, 2.05) is 30.3 Å². The zero-order valence-corrected chi connectivity index (χ0v) is 14.4. The molecule has 0 saturated carbocycles. The number of hydrogen-bond acceptors (Lipinski definition) is 4. The summed E-state index contributed by atoms with van der Waals surface area (Å²) >= 11 is 0. The molecule has 0 aliphatic rings. The van der Waals surface area contributed by atoms with Crippen LogP contribution in [0.3, 0.4) is 0 Å². The van der Waals surface area contributed by atoms with Crippen molar-refractivity contribution in [2.45, 2.75) is 6.42 Å². The Morgan fingerprint density at radius 1 is 1.11 bits per heavy atom. The first-order valence-electron chi connectivity index (χ1n) is 8.57. The number of aromatic nitrogens is 4. The van der Waals surface area contributed by atoms with Gasteiger partial charge in [0.15, 0.2) is 18.0 Å². The first kappa shape index (κ1) is 16.7. The van der Waals surface area contributed by atoms with Gasteiger partial charge in [0.2, 0.25) is 0 Å². The first-order chi connectivity index (χ1) is 13.2. The minimum Gasteiger partial charge on any atom is -0.619 e. The summed E-state index contributed by atoms with van der Waals surface area (Å²) in [5.41, 5.74) is 3.50. The quantitative estimate of drug-likeness (QED) is 0.422. The van der Waals surface area contributed by atoms with Crippen LogP contribution in [0.2, 0.25) is 0 Å². The lowest BCUT2D eigenvalue weighted by Crippen LogP contribution is -2.27. The van der Waals surface area contributed by atoms with Crippen molar-refractivity contribution < 1.29 is 9.52 Å². The van der Waals surface area contributed by atoms with Gasteiger partial charge in [-0.25, -0.2) is 9.97 Å². The minimum absolute atomic E-state index is 0.205. The second kappa shape index (κ2) is 7.25. The summed E-state index contributed by atoms with van der Waals surface area (Å²) in [6, 6.07) is 14.8. The number of imidazole rings is 1. The summed E-state index contributed by atoms with van der Waals surface area (Å²) in [5.74, 6) is 0.469. The molecule has 3 aromatic heterocycles. The van der Waals surface area contributed by atoms with Crippen LogP contribution in [0.1, 0.15) is 15.9 Å². The van der Waals surface area contributed by atoms with Crippen LogP contribution in [0, 0.1) is 5.21 Å². The molecule has 0 aliphatic carbocycles. The standard InChI is InChI=1S/C20H17N5O2/c26-20(22-10-6-14-8-12-25(27)13-9-14)16-7-11-21-19-17(16)23-18(24-19)15-4-2-1-3-5-15/h1-5,7-9,11-13H,6,10H2,(H,22,26)(H,21,23,24). The van der Waals surface area contributed by atoms with E-state index in [-0.39, 0.29) is 5.91 Å². The Hall–Kier alpha value is -3.74. The summed E-state index contributed by atoms with van der Waals surface area (Å²) in [6.45, 7) is 0.460. The molecule has 0 bridgehead atoms. The molecular weight excluding hydrogens is 342 g/mol. The predicted octanol–water partition coefficient (Wildman–Crippen LogP) is 2.23. The van der Waals surface area contributed by atoms with Crippen molar-refractivity contribution in [1.82, 2.24) is 20.3 Å². The van der Waals surface area contributed by atoms with Crippen LogP contribution >= 0.6 is 0 Å². The third-order valence-electron chi connectivity index (χ3n) is 4.25. The van der Waals surface area contributed by atoms with Gasteiger partial charge in [0, 0.05) is 30.4 Å². The van der Waals surface area contributed by atoms with Gasteiger partial charge in [-0.2, -0.15) is 4.73 Å². The topological polar surface area (TPSA) is 97.6 Å². The van der Waals surface area contributed by atoms with Gasteiger partial charge >= 0.3 is 0 Å². The number of hydrogen-bond donors (Lipinski definition) is 2. The summed E-state index contributed by atoms with van der Waals surface area (Å²) < 4.78 is 0.734. The molecule has 0 saturated heterocycles. The number of nitrogens with one attached hydrogen (secondary N) is 2. The van der Waals surface area contributed by atoms with Crippen LogP contribution in [-0.4, -0.2) is 27.4 Å². The molecule has 134 valence electrons. The second-order valence-electron chi connectivity index (χ2n) is 6.08. The average molecular weight is 359 g/mol. The van der Waals surface area contributed by atoms with E-state index < -0.39 is 0 Å². The van der Waals surface area contributed by atoms with Gasteiger partial charge < -0.3 is 15.5 Å². The maximum atomic E-state index is 12.6. The SMILES string of the molecule is O=C(NCCc1cc[n+]([O-])cc1)c1ccnc2[nH]c(-c3ccccc3)nc12. The number of nitrogens with zero attached hydrogens (tertiary/aromatic N) is 3. The molecule has 7 nitrogen and oxygen atoms in total. The number of benzene rings is 1. The van der Waals surface area contributed by atoms with Crippen molar-refractivity contribution in [2.24, 2.45) is 0 Å². The van der Waals surface area contributed by atoms with Gasteiger partial charge in [0.05, 0.1) is 5.56 Å². The molecule has 0 fully saturated rings. The van der Waals surface area contributed by atoms with E-state index in [0.29, 0.717) is 35.5 Å². The van der Waals surface area contributed by atoms with Crippen molar-refractivity contribution in [3.63, 3.8) is 0 Å². The van der Waals surface area contributed by atoms with Gasteiger partial charge in [-0.15, -0.1) is 0 Å². The van der Waals surface area contributed by atoms with Crippen LogP contribution in [0.15, 0.2) is 67.1 Å². The Kier molecular flexibility index (Phi) is 4.49. The van der Waals surface area contributed by atoms with Crippen LogP contribution in [0.5, 0.6) is 0 Å². The van der Waals surface area contributed by atoms with Gasteiger partial charge in [0.1, 0.15) is 11.3 Å². The molecule has 3 heterocycles. The highest BCUT2D eigenvalue weighted by atomic mass is 16.5. The summed E-state index contributed by atoms with van der Waals surface area (Å²) in [6.07, 6.45) is 5.11. The molecule has 4 aromatic rings. The van der Waals surface area contributed by atoms with Gasteiger partial charge in [-0.3, -0.25) is 4.79 Å². The average Bonchev–Trinajstić information content (AvgIpc) is 3.14. The molecular formula is C20H17N5O2. The number of aromatic amines is 1. The molecule has 0 radical (unpaired) electrons. The summed E-state index contributed by atoms with van der Waals surface area (Å²) in [5, 5.41) is 13.9. The van der Waals surface area contributed by atoms with Crippen LogP contribution in [0.4, 0.5) is 0 Å². The molecule has 1 aromatic carbocycles. The zero-order valence-electron chi connectivity index (χ0n) is 14.4. The Balaban J connectivity index is 1.51. The van der Waals surface area contributed by atoms with E-state index in [4.69, 9.17) is 0 Å². The number of pyridine rings is 2. The highest BCUT2D eigenvalue weighted by molar-refractivity contribution is 6.04. The molecule has 7 heteroatoms. The van der Waals surface area contributed by atoms with Crippen molar-refractivity contribution in [3.8, 4) is 11.4 Å². The highest BCUT2D eigenvalue weighted by Gasteiger charge is 2.15. The largest absolute Gasteiger partial charge is 0.619 e. The van der Waals surface area contributed by atoms with E-state index in [1.165, 1.54) is 12.4 Å². The molecule has 27 heavy (non-hydrogen) atoms. The lowest BCUT2D eigenvalue weighted by molar-refractivity contribution is -0.605. The number of carbonyl (C=O) groups is 1. The van der Waals surface area contributed by atoms with Crippen LogP contribution in [-0.2, 0) is 6.42 Å². The third kappa shape index (κ3) is 3.62. The first-order valence-corrected chi connectivity index (χ1v) is 8.57. The number of carbonyl (C=O) groups excluding carboxylic acids is 1. The fourth-order valence-corrected chi connectivity index (χ4v) is 2.85. The Morgan fingerprint density at radius 2 is 1.89 bits per heavy atom. The van der Waals surface area contributed by atoms with E-state index in [1.54, 1.807) is 24.4 Å². The Bertz CT molecular complexity index is 1070. The maximum Gasteiger partial charge on any atom is 0.253 e. The van der Waals surface area contributed by atoms with E-state index in [2.05, 4.69) is 20.3 Å². The lowest BCUT2D eigenvalue weighted by atomic mass is 10.2. The number of rotatable bonds is 5. The summed E-state index contributed by atoms with van der Waals surface area (Å²) in [7, 11) is 0. The highest BCUT2D eigenvalue weighted by Crippen LogP contribution is 2.21. The van der Waals surface area contributed by atoms with E-state index in [9.17, 15) is 10.0 Å². The Morgan fingerprint density at radius 3 is 2.67 bits per heavy atom. The predicted molar refractivity (Wildman–Crippen MR) is 101 cm³/mol.